The number of thiazole rings is 1. The highest BCUT2D eigenvalue weighted by Gasteiger charge is 2.26. The van der Waals surface area contributed by atoms with Crippen molar-refractivity contribution in [2.45, 2.75) is 39.2 Å². The van der Waals surface area contributed by atoms with Crippen LogP contribution >= 0.6 is 11.3 Å². The van der Waals surface area contributed by atoms with E-state index in [9.17, 15) is 15.0 Å². The Hall–Kier alpha value is -2.49. The first kappa shape index (κ1) is 20.8. The molecule has 0 spiro atoms. The van der Waals surface area contributed by atoms with Crippen molar-refractivity contribution in [1.82, 2.24) is 9.97 Å². The van der Waals surface area contributed by atoms with Crippen molar-refractivity contribution < 1.29 is 19.4 Å². The molecule has 1 fully saturated rings. The molecule has 30 heavy (non-hydrogen) atoms. The van der Waals surface area contributed by atoms with E-state index < -0.39 is 11.5 Å². The number of amides is 1. The first-order valence-electron chi connectivity index (χ1n) is 10.0. The third-order valence-corrected chi connectivity index (χ3v) is 6.50. The van der Waals surface area contributed by atoms with Crippen molar-refractivity contribution in [3.8, 4) is 0 Å². The van der Waals surface area contributed by atoms with Gasteiger partial charge in [-0.1, -0.05) is 11.3 Å². The number of aliphatic hydroxyl groups excluding tert-OH is 1. The molecule has 1 aliphatic heterocycles. The maximum absolute atomic E-state index is 12.6. The van der Waals surface area contributed by atoms with Crippen molar-refractivity contribution in [1.29, 1.82) is 0 Å². The molecule has 0 unspecified atom stereocenters. The Bertz CT molecular complexity index is 1060. The Morgan fingerprint density at radius 1 is 1.33 bits per heavy atom. The molecule has 0 saturated carbocycles. The molecule has 160 valence electrons. The topological polar surface area (TPSA) is 112 Å². The molecule has 8 nitrogen and oxygen atoms in total. The highest BCUT2D eigenvalue weighted by Crippen LogP contribution is 2.37. The number of aryl methyl sites for hydroxylation is 1. The summed E-state index contributed by atoms with van der Waals surface area (Å²) >= 11 is 1.56. The van der Waals surface area contributed by atoms with E-state index in [1.807, 2.05) is 12.1 Å². The van der Waals surface area contributed by atoms with Crippen molar-refractivity contribution in [3.63, 3.8) is 0 Å². The van der Waals surface area contributed by atoms with Gasteiger partial charge in [0.1, 0.15) is 6.26 Å². The molecular formula is C21H26N4O4S. The second kappa shape index (κ2) is 7.98. The van der Waals surface area contributed by atoms with Crippen molar-refractivity contribution in [2.75, 3.05) is 29.9 Å². The summed E-state index contributed by atoms with van der Waals surface area (Å²) in [4.78, 5) is 23.7. The van der Waals surface area contributed by atoms with Crippen LogP contribution < -0.4 is 10.2 Å². The van der Waals surface area contributed by atoms with Gasteiger partial charge in [-0.25, -0.2) is 9.97 Å². The van der Waals surface area contributed by atoms with Gasteiger partial charge in [-0.3, -0.25) is 4.79 Å². The predicted octanol–water partition coefficient (Wildman–Crippen LogP) is 3.28. The zero-order valence-corrected chi connectivity index (χ0v) is 18.1. The summed E-state index contributed by atoms with van der Waals surface area (Å²) in [5.41, 5.74) is 0.909. The van der Waals surface area contributed by atoms with E-state index in [-0.39, 0.29) is 12.3 Å². The molecule has 9 heteroatoms. The number of anilines is 2. The Morgan fingerprint density at radius 3 is 2.67 bits per heavy atom. The number of benzene rings is 1. The maximum atomic E-state index is 12.6. The van der Waals surface area contributed by atoms with E-state index in [0.29, 0.717) is 23.1 Å². The van der Waals surface area contributed by atoms with Gasteiger partial charge in [-0.15, -0.1) is 0 Å². The molecule has 1 aliphatic rings. The van der Waals surface area contributed by atoms with Crippen LogP contribution in [-0.2, 0) is 5.60 Å². The molecule has 1 saturated heterocycles. The number of aliphatic hydroxyl groups is 2. The van der Waals surface area contributed by atoms with Crippen LogP contribution in [0.25, 0.3) is 10.2 Å². The summed E-state index contributed by atoms with van der Waals surface area (Å²) in [5.74, 6) is 0.377. The number of fused-ring (bicyclic) bond motifs is 1. The number of piperidine rings is 1. The lowest BCUT2D eigenvalue weighted by Gasteiger charge is -2.30. The molecule has 4 rings (SSSR count). The molecule has 3 heterocycles. The fourth-order valence-corrected chi connectivity index (χ4v) is 4.71. The van der Waals surface area contributed by atoms with Gasteiger partial charge >= 0.3 is 0 Å². The summed E-state index contributed by atoms with van der Waals surface area (Å²) < 4.78 is 6.05. The number of nitrogens with one attached hydrogen (secondary N) is 1. The molecule has 3 N–H and O–H groups in total. The van der Waals surface area contributed by atoms with Gasteiger partial charge in [0.15, 0.2) is 16.7 Å². The first-order chi connectivity index (χ1) is 14.2. The van der Waals surface area contributed by atoms with E-state index in [4.69, 9.17) is 9.40 Å². The monoisotopic (exact) mass is 430 g/mol. The average molecular weight is 431 g/mol. The zero-order chi connectivity index (χ0) is 21.5. The fraction of sp³-hybridized carbons (Fsp3) is 0.476. The minimum atomic E-state index is -1.17. The first-order valence-corrected chi connectivity index (χ1v) is 10.8. The highest BCUT2D eigenvalue weighted by atomic mass is 32.1. The number of oxazole rings is 1. The summed E-state index contributed by atoms with van der Waals surface area (Å²) in [6, 6.07) is 3.69. The SMILES string of the molecule is Cc1nc(C(=O)Nc2cc3sc(N4CCC(CO)CC4)nc3cc2C(C)(C)O)co1. The lowest BCUT2D eigenvalue weighted by molar-refractivity contribution is 0.0794. The smallest absolute Gasteiger partial charge is 0.277 e. The molecule has 1 aromatic carbocycles. The van der Waals surface area contributed by atoms with E-state index in [1.54, 1.807) is 32.1 Å². The second-order valence-corrected chi connectivity index (χ2v) is 9.25. The standard InChI is InChI=1S/C21H26N4O4S/c1-12-22-17(11-29-12)19(27)23-15-9-18-16(8-14(15)21(2,3)28)24-20(30-18)25-6-4-13(10-26)5-7-25/h8-9,11,13,26,28H,4-7,10H2,1-3H3,(H,23,27). The predicted molar refractivity (Wildman–Crippen MR) is 116 cm³/mol. The van der Waals surface area contributed by atoms with Crippen LogP contribution in [0.15, 0.2) is 22.8 Å². The number of carbonyl (C=O) groups excluding carboxylic acids is 1. The highest BCUT2D eigenvalue weighted by molar-refractivity contribution is 7.22. The fourth-order valence-electron chi connectivity index (χ4n) is 3.67. The van der Waals surface area contributed by atoms with Crippen molar-refractivity contribution in [3.05, 3.63) is 35.5 Å². The number of hydrogen-bond donors (Lipinski definition) is 3. The Kier molecular flexibility index (Phi) is 5.52. The number of rotatable bonds is 5. The van der Waals surface area contributed by atoms with Crippen LogP contribution in [0.4, 0.5) is 10.8 Å². The molecule has 1 amide bonds. The molecule has 0 bridgehead atoms. The Balaban J connectivity index is 1.66. The lowest BCUT2D eigenvalue weighted by Crippen LogP contribution is -2.34. The summed E-state index contributed by atoms with van der Waals surface area (Å²) in [7, 11) is 0. The number of carbonyl (C=O) groups is 1. The quantitative estimate of drug-likeness (QED) is 0.569. The van der Waals surface area contributed by atoms with Gasteiger partial charge in [-0.05, 0) is 44.7 Å². The van der Waals surface area contributed by atoms with Gasteiger partial charge in [0.25, 0.3) is 5.91 Å². The molecule has 0 aliphatic carbocycles. The number of aromatic nitrogens is 2. The molecule has 0 radical (unpaired) electrons. The van der Waals surface area contributed by atoms with E-state index >= 15 is 0 Å². The van der Waals surface area contributed by atoms with E-state index in [2.05, 4.69) is 15.2 Å². The van der Waals surface area contributed by atoms with Gasteiger partial charge < -0.3 is 24.8 Å². The van der Waals surface area contributed by atoms with Crippen LogP contribution in [0, 0.1) is 12.8 Å². The van der Waals surface area contributed by atoms with Crippen molar-refractivity contribution >= 4 is 38.3 Å². The van der Waals surface area contributed by atoms with Crippen LogP contribution in [-0.4, -0.2) is 45.8 Å². The average Bonchev–Trinajstić information content (AvgIpc) is 3.32. The normalized spacial score (nSPS) is 15.7. The minimum Gasteiger partial charge on any atom is -0.448 e. The lowest BCUT2D eigenvalue weighted by atomic mass is 9.96. The Morgan fingerprint density at radius 2 is 2.07 bits per heavy atom. The van der Waals surface area contributed by atoms with E-state index in [0.717, 1.165) is 41.3 Å². The zero-order valence-electron chi connectivity index (χ0n) is 17.3. The van der Waals surface area contributed by atoms with Crippen LogP contribution in [0.1, 0.15) is 48.6 Å². The number of hydrogen-bond acceptors (Lipinski definition) is 8. The third-order valence-electron chi connectivity index (χ3n) is 5.42. The maximum Gasteiger partial charge on any atom is 0.277 e. The number of nitrogens with zero attached hydrogens (tertiary/aromatic N) is 3. The van der Waals surface area contributed by atoms with Crippen LogP contribution in [0.5, 0.6) is 0 Å². The molecule has 0 atom stereocenters. The summed E-state index contributed by atoms with van der Waals surface area (Å²) in [6.45, 7) is 6.98. The van der Waals surface area contributed by atoms with Gasteiger partial charge in [0.2, 0.25) is 0 Å². The summed E-state index contributed by atoms with van der Waals surface area (Å²) in [5, 5.41) is 23.8. The van der Waals surface area contributed by atoms with Crippen LogP contribution in [0.3, 0.4) is 0 Å². The summed E-state index contributed by atoms with van der Waals surface area (Å²) in [6.07, 6.45) is 3.20. The Labute approximate surface area is 178 Å². The van der Waals surface area contributed by atoms with E-state index in [1.165, 1.54) is 6.26 Å². The largest absolute Gasteiger partial charge is 0.448 e. The molecule has 3 aromatic rings. The second-order valence-electron chi connectivity index (χ2n) is 8.24. The van der Waals surface area contributed by atoms with Gasteiger partial charge in [0, 0.05) is 37.9 Å². The van der Waals surface area contributed by atoms with Gasteiger partial charge in [0.05, 0.1) is 15.8 Å². The molecular weight excluding hydrogens is 404 g/mol. The molecule has 2 aromatic heterocycles. The van der Waals surface area contributed by atoms with Gasteiger partial charge in [-0.2, -0.15) is 0 Å². The van der Waals surface area contributed by atoms with Crippen molar-refractivity contribution in [2.24, 2.45) is 5.92 Å². The van der Waals surface area contributed by atoms with Crippen LogP contribution in [0.2, 0.25) is 0 Å². The minimum absolute atomic E-state index is 0.186. The third kappa shape index (κ3) is 4.19.